The van der Waals surface area contributed by atoms with Crippen LogP contribution in [0.2, 0.25) is 0 Å². The number of hydrogen-bond acceptors (Lipinski definition) is 3. The van der Waals surface area contributed by atoms with Crippen LogP contribution in [0.15, 0.2) is 12.1 Å². The topological polar surface area (TPSA) is 57.5 Å². The Morgan fingerprint density at radius 2 is 1.92 bits per heavy atom. The van der Waals surface area contributed by atoms with Crippen molar-refractivity contribution in [2.24, 2.45) is 0 Å². The van der Waals surface area contributed by atoms with Gasteiger partial charge >= 0.3 is 7.12 Å². The van der Waals surface area contributed by atoms with E-state index in [-0.39, 0.29) is 11.8 Å². The molecular formula is C7H5BF2O3. The van der Waals surface area contributed by atoms with E-state index >= 15 is 0 Å². The Kier molecular flexibility index (Phi) is 2.74. The van der Waals surface area contributed by atoms with E-state index in [1.54, 1.807) is 0 Å². The lowest BCUT2D eigenvalue weighted by molar-refractivity contribution is 0.112. The van der Waals surface area contributed by atoms with Gasteiger partial charge in [0.1, 0.15) is 6.29 Å². The Labute approximate surface area is 72.8 Å². The SMILES string of the molecule is O=Cc1cc(F)c(F)c(B(O)O)c1. The minimum absolute atomic E-state index is 0.151. The van der Waals surface area contributed by atoms with Crippen molar-refractivity contribution in [3.05, 3.63) is 29.3 Å². The summed E-state index contributed by atoms with van der Waals surface area (Å²) in [6, 6.07) is 1.55. The summed E-state index contributed by atoms with van der Waals surface area (Å²) in [7, 11) is -2.13. The van der Waals surface area contributed by atoms with Crippen LogP contribution in [0.3, 0.4) is 0 Å². The van der Waals surface area contributed by atoms with Crippen LogP contribution in [-0.2, 0) is 0 Å². The summed E-state index contributed by atoms with van der Waals surface area (Å²) in [6.45, 7) is 0. The van der Waals surface area contributed by atoms with Gasteiger partial charge in [-0.25, -0.2) is 8.78 Å². The average molecular weight is 186 g/mol. The monoisotopic (exact) mass is 186 g/mol. The standard InChI is InChI=1S/C7H5BF2O3/c9-6-2-4(3-11)1-5(7(6)10)8(12)13/h1-3,12-13H. The molecule has 0 spiro atoms. The third kappa shape index (κ3) is 1.91. The van der Waals surface area contributed by atoms with Gasteiger partial charge in [-0.2, -0.15) is 0 Å². The molecule has 1 rings (SSSR count). The van der Waals surface area contributed by atoms with Crippen molar-refractivity contribution < 1.29 is 23.6 Å². The van der Waals surface area contributed by atoms with Gasteiger partial charge in [-0.05, 0) is 12.1 Å². The molecule has 0 atom stereocenters. The van der Waals surface area contributed by atoms with Gasteiger partial charge in [0.25, 0.3) is 0 Å². The Balaban J connectivity index is 3.32. The molecule has 0 heterocycles. The van der Waals surface area contributed by atoms with E-state index in [1.807, 2.05) is 0 Å². The van der Waals surface area contributed by atoms with Crippen molar-refractivity contribution in [3.8, 4) is 0 Å². The molecule has 1 aromatic carbocycles. The highest BCUT2D eigenvalue weighted by molar-refractivity contribution is 6.58. The molecular weight excluding hydrogens is 181 g/mol. The molecule has 1 aromatic rings. The molecule has 0 aliphatic rings. The van der Waals surface area contributed by atoms with Crippen LogP contribution in [-0.4, -0.2) is 23.5 Å². The van der Waals surface area contributed by atoms with Gasteiger partial charge in [-0.3, -0.25) is 4.79 Å². The zero-order chi connectivity index (χ0) is 10.0. The molecule has 2 N–H and O–H groups in total. The van der Waals surface area contributed by atoms with Gasteiger partial charge in [0.2, 0.25) is 0 Å². The highest BCUT2D eigenvalue weighted by Crippen LogP contribution is 2.05. The first kappa shape index (κ1) is 9.82. The van der Waals surface area contributed by atoms with Gasteiger partial charge < -0.3 is 10.0 Å². The second kappa shape index (κ2) is 3.63. The van der Waals surface area contributed by atoms with Crippen molar-refractivity contribution in [3.63, 3.8) is 0 Å². The zero-order valence-electron chi connectivity index (χ0n) is 6.37. The molecule has 0 fully saturated rings. The van der Waals surface area contributed by atoms with E-state index in [0.29, 0.717) is 6.07 Å². The lowest BCUT2D eigenvalue weighted by Crippen LogP contribution is -2.34. The summed E-state index contributed by atoms with van der Waals surface area (Å²) in [4.78, 5) is 10.2. The third-order valence-electron chi connectivity index (χ3n) is 1.49. The molecule has 0 saturated carbocycles. The Bertz CT molecular complexity index is 341. The van der Waals surface area contributed by atoms with E-state index in [1.165, 1.54) is 0 Å². The molecule has 13 heavy (non-hydrogen) atoms. The number of carbonyl (C=O) groups excluding carboxylic acids is 1. The third-order valence-corrected chi connectivity index (χ3v) is 1.49. The van der Waals surface area contributed by atoms with Crippen molar-refractivity contribution in [1.29, 1.82) is 0 Å². The normalized spacial score (nSPS) is 9.85. The maximum atomic E-state index is 12.8. The fourth-order valence-electron chi connectivity index (χ4n) is 0.888. The minimum atomic E-state index is -2.13. The second-order valence-electron chi connectivity index (χ2n) is 2.40. The first-order chi connectivity index (χ1) is 6.06. The van der Waals surface area contributed by atoms with Crippen LogP contribution < -0.4 is 5.46 Å². The van der Waals surface area contributed by atoms with E-state index < -0.39 is 24.2 Å². The Hall–Kier alpha value is -1.27. The van der Waals surface area contributed by atoms with Crippen LogP contribution in [0.25, 0.3) is 0 Å². The summed E-state index contributed by atoms with van der Waals surface area (Å²) in [5.74, 6) is -2.65. The zero-order valence-corrected chi connectivity index (χ0v) is 6.37. The fraction of sp³-hybridized carbons (Fsp3) is 0. The largest absolute Gasteiger partial charge is 0.491 e. The average Bonchev–Trinajstić information content (AvgIpc) is 2.09. The van der Waals surface area contributed by atoms with Crippen LogP contribution in [0.1, 0.15) is 10.4 Å². The number of benzene rings is 1. The molecule has 0 radical (unpaired) electrons. The first-order valence-electron chi connectivity index (χ1n) is 3.36. The maximum Gasteiger partial charge on any atom is 0.491 e. The molecule has 0 amide bonds. The van der Waals surface area contributed by atoms with Crippen LogP contribution >= 0.6 is 0 Å². The Morgan fingerprint density at radius 3 is 2.38 bits per heavy atom. The highest BCUT2D eigenvalue weighted by atomic mass is 19.2. The molecule has 0 unspecified atom stereocenters. The highest BCUT2D eigenvalue weighted by Gasteiger charge is 2.20. The molecule has 0 bridgehead atoms. The summed E-state index contributed by atoms with van der Waals surface area (Å²) in [5.41, 5.74) is -0.802. The van der Waals surface area contributed by atoms with E-state index in [9.17, 15) is 13.6 Å². The van der Waals surface area contributed by atoms with E-state index in [2.05, 4.69) is 0 Å². The number of rotatable bonds is 2. The number of carbonyl (C=O) groups is 1. The molecule has 68 valence electrons. The lowest BCUT2D eigenvalue weighted by atomic mass is 9.79. The molecule has 0 aliphatic carbocycles. The Morgan fingerprint density at radius 1 is 1.31 bits per heavy atom. The number of halogens is 2. The van der Waals surface area contributed by atoms with Gasteiger partial charge in [-0.1, -0.05) is 0 Å². The second-order valence-corrected chi connectivity index (χ2v) is 2.40. The fourth-order valence-corrected chi connectivity index (χ4v) is 0.888. The van der Waals surface area contributed by atoms with Crippen LogP contribution in [0.5, 0.6) is 0 Å². The summed E-state index contributed by atoms with van der Waals surface area (Å²) in [5, 5.41) is 17.2. The summed E-state index contributed by atoms with van der Waals surface area (Å²) >= 11 is 0. The van der Waals surface area contributed by atoms with E-state index in [4.69, 9.17) is 10.0 Å². The van der Waals surface area contributed by atoms with Gasteiger partial charge in [0.15, 0.2) is 11.6 Å². The molecule has 0 aliphatic heterocycles. The van der Waals surface area contributed by atoms with Crippen molar-refractivity contribution in [2.45, 2.75) is 0 Å². The predicted octanol–water partition coefficient (Wildman–Crippen LogP) is -0.543. The predicted molar refractivity (Wildman–Crippen MR) is 41.6 cm³/mol. The van der Waals surface area contributed by atoms with Crippen LogP contribution in [0.4, 0.5) is 8.78 Å². The molecule has 0 saturated heterocycles. The van der Waals surface area contributed by atoms with Gasteiger partial charge in [-0.15, -0.1) is 0 Å². The van der Waals surface area contributed by atoms with Crippen molar-refractivity contribution >= 4 is 18.9 Å². The minimum Gasteiger partial charge on any atom is -0.423 e. The van der Waals surface area contributed by atoms with Crippen molar-refractivity contribution in [1.82, 2.24) is 0 Å². The molecule has 3 nitrogen and oxygen atoms in total. The molecule has 6 heteroatoms. The van der Waals surface area contributed by atoms with Gasteiger partial charge in [0.05, 0.1) is 0 Å². The first-order valence-corrected chi connectivity index (χ1v) is 3.36. The maximum absolute atomic E-state index is 12.8. The lowest BCUT2D eigenvalue weighted by Gasteiger charge is -2.02. The van der Waals surface area contributed by atoms with Crippen molar-refractivity contribution in [2.75, 3.05) is 0 Å². The summed E-state index contributed by atoms with van der Waals surface area (Å²) in [6.07, 6.45) is 0.286. The number of aldehydes is 1. The molecule has 0 aromatic heterocycles. The van der Waals surface area contributed by atoms with Crippen LogP contribution in [0, 0.1) is 11.6 Å². The summed E-state index contributed by atoms with van der Waals surface area (Å²) < 4.78 is 25.4. The van der Waals surface area contributed by atoms with E-state index in [0.717, 1.165) is 6.07 Å². The van der Waals surface area contributed by atoms with Gasteiger partial charge in [0, 0.05) is 11.0 Å². The number of hydrogen-bond donors (Lipinski definition) is 2. The smallest absolute Gasteiger partial charge is 0.423 e. The quantitative estimate of drug-likeness (QED) is 0.481.